The van der Waals surface area contributed by atoms with Gasteiger partial charge >= 0.3 is 6.09 Å². The van der Waals surface area contributed by atoms with Crippen molar-refractivity contribution in [3.63, 3.8) is 0 Å². The smallest absolute Gasteiger partial charge is 0.409 e. The maximum absolute atomic E-state index is 11.3. The van der Waals surface area contributed by atoms with E-state index in [1.54, 1.807) is 14.1 Å². The highest BCUT2D eigenvalue weighted by Gasteiger charge is 2.27. The number of carbonyl (C=O) groups excluding carboxylic acids is 1. The Labute approximate surface area is 85.6 Å². The molecule has 0 aromatic heterocycles. The fourth-order valence-corrected chi connectivity index (χ4v) is 1.80. The summed E-state index contributed by atoms with van der Waals surface area (Å²) in [6.07, 6.45) is 4.26. The minimum Gasteiger partial charge on any atom is -0.444 e. The molecule has 4 heteroatoms. The van der Waals surface area contributed by atoms with Gasteiger partial charge in [0.1, 0.15) is 6.10 Å². The number of ether oxygens (including phenoxy) is 1. The second kappa shape index (κ2) is 5.20. The highest BCUT2D eigenvalue weighted by atomic mass is 16.6. The third-order valence-electron chi connectivity index (χ3n) is 2.69. The van der Waals surface area contributed by atoms with Crippen molar-refractivity contribution >= 4 is 6.09 Å². The van der Waals surface area contributed by atoms with Crippen molar-refractivity contribution in [1.29, 1.82) is 0 Å². The standard InChI is InChI=1S/C10H20N2O2/c1-11-8-6-4-5-7-9(8)14-10(13)12(2)3/h8-9,11H,4-7H2,1-3H3. The van der Waals surface area contributed by atoms with E-state index in [0.717, 1.165) is 19.3 Å². The lowest BCUT2D eigenvalue weighted by atomic mass is 9.92. The first kappa shape index (κ1) is 11.3. The molecule has 1 aliphatic carbocycles. The number of nitrogens with zero attached hydrogens (tertiary/aromatic N) is 1. The molecule has 1 saturated carbocycles. The van der Waals surface area contributed by atoms with Crippen molar-refractivity contribution in [2.75, 3.05) is 21.1 Å². The number of rotatable bonds is 2. The van der Waals surface area contributed by atoms with Crippen molar-refractivity contribution in [3.8, 4) is 0 Å². The van der Waals surface area contributed by atoms with E-state index in [9.17, 15) is 4.79 Å². The first-order valence-corrected chi connectivity index (χ1v) is 5.20. The van der Waals surface area contributed by atoms with Crippen LogP contribution in [0, 0.1) is 0 Å². The molecule has 0 spiro atoms. The number of carbonyl (C=O) groups is 1. The average Bonchev–Trinajstić information content (AvgIpc) is 2.18. The van der Waals surface area contributed by atoms with Crippen molar-refractivity contribution < 1.29 is 9.53 Å². The SMILES string of the molecule is CNC1CCCCC1OC(=O)N(C)C. The van der Waals surface area contributed by atoms with Gasteiger partial charge in [-0.2, -0.15) is 0 Å². The fraction of sp³-hybridized carbons (Fsp3) is 0.900. The lowest BCUT2D eigenvalue weighted by Crippen LogP contribution is -2.44. The monoisotopic (exact) mass is 200 g/mol. The minimum absolute atomic E-state index is 0.0450. The summed E-state index contributed by atoms with van der Waals surface area (Å²) < 4.78 is 5.38. The zero-order valence-electron chi connectivity index (χ0n) is 9.25. The minimum atomic E-state index is -0.239. The van der Waals surface area contributed by atoms with Gasteiger partial charge in [-0.1, -0.05) is 6.42 Å². The lowest BCUT2D eigenvalue weighted by Gasteiger charge is -2.31. The summed E-state index contributed by atoms with van der Waals surface area (Å²) in [6, 6.07) is 0.327. The molecule has 0 heterocycles. The quantitative estimate of drug-likeness (QED) is 0.728. The van der Waals surface area contributed by atoms with E-state index < -0.39 is 0 Å². The highest BCUT2D eigenvalue weighted by Crippen LogP contribution is 2.21. The van der Waals surface area contributed by atoms with E-state index in [0.29, 0.717) is 6.04 Å². The van der Waals surface area contributed by atoms with Crippen molar-refractivity contribution in [3.05, 3.63) is 0 Å². The summed E-state index contributed by atoms with van der Waals surface area (Å²) >= 11 is 0. The van der Waals surface area contributed by atoms with E-state index in [2.05, 4.69) is 5.32 Å². The summed E-state index contributed by atoms with van der Waals surface area (Å²) in [5, 5.41) is 3.20. The van der Waals surface area contributed by atoms with Gasteiger partial charge < -0.3 is 15.0 Å². The molecular weight excluding hydrogens is 180 g/mol. The van der Waals surface area contributed by atoms with Crippen LogP contribution >= 0.6 is 0 Å². The molecule has 0 aromatic rings. The molecule has 1 fully saturated rings. The Balaban J connectivity index is 2.44. The molecule has 1 aliphatic rings. The van der Waals surface area contributed by atoms with Crippen LogP contribution < -0.4 is 5.32 Å². The third-order valence-corrected chi connectivity index (χ3v) is 2.69. The van der Waals surface area contributed by atoms with Crippen LogP contribution in [0.25, 0.3) is 0 Å². The van der Waals surface area contributed by atoms with Crippen LogP contribution in [-0.2, 0) is 4.74 Å². The maximum atomic E-state index is 11.3. The summed E-state index contributed by atoms with van der Waals surface area (Å²) in [5.41, 5.74) is 0. The summed E-state index contributed by atoms with van der Waals surface area (Å²) in [6.45, 7) is 0. The Morgan fingerprint density at radius 2 is 2.00 bits per heavy atom. The predicted octanol–water partition coefficient (Wildman–Crippen LogP) is 1.22. The predicted molar refractivity (Wildman–Crippen MR) is 55.3 cm³/mol. The molecule has 14 heavy (non-hydrogen) atoms. The van der Waals surface area contributed by atoms with Gasteiger partial charge in [0.05, 0.1) is 0 Å². The molecule has 0 radical (unpaired) electrons. The average molecular weight is 200 g/mol. The van der Waals surface area contributed by atoms with Crippen molar-refractivity contribution in [1.82, 2.24) is 10.2 Å². The summed E-state index contributed by atoms with van der Waals surface area (Å²) in [7, 11) is 5.34. The highest BCUT2D eigenvalue weighted by molar-refractivity contribution is 5.67. The van der Waals surface area contributed by atoms with E-state index in [-0.39, 0.29) is 12.2 Å². The molecule has 1 amide bonds. The van der Waals surface area contributed by atoms with Gasteiger partial charge in [-0.05, 0) is 26.3 Å². The number of hydrogen-bond acceptors (Lipinski definition) is 3. The van der Waals surface area contributed by atoms with E-state index >= 15 is 0 Å². The number of hydrogen-bond donors (Lipinski definition) is 1. The van der Waals surface area contributed by atoms with Gasteiger partial charge in [-0.3, -0.25) is 0 Å². The Morgan fingerprint density at radius 1 is 1.36 bits per heavy atom. The molecule has 1 N–H and O–H groups in total. The van der Waals surface area contributed by atoms with E-state index in [1.165, 1.54) is 11.3 Å². The van der Waals surface area contributed by atoms with Gasteiger partial charge in [0.25, 0.3) is 0 Å². The number of amides is 1. The summed E-state index contributed by atoms with van der Waals surface area (Å²) in [5.74, 6) is 0. The Kier molecular flexibility index (Phi) is 4.20. The zero-order valence-corrected chi connectivity index (χ0v) is 9.25. The lowest BCUT2D eigenvalue weighted by molar-refractivity contribution is 0.0380. The van der Waals surface area contributed by atoms with Crippen molar-refractivity contribution in [2.24, 2.45) is 0 Å². The molecule has 0 aliphatic heterocycles. The molecular formula is C10H20N2O2. The molecule has 1 rings (SSSR count). The van der Waals surface area contributed by atoms with Crippen LogP contribution in [0.15, 0.2) is 0 Å². The summed E-state index contributed by atoms with van der Waals surface area (Å²) in [4.78, 5) is 12.8. The Hall–Kier alpha value is -0.770. The van der Waals surface area contributed by atoms with Crippen LogP contribution in [-0.4, -0.2) is 44.3 Å². The van der Waals surface area contributed by atoms with Crippen LogP contribution in [0.4, 0.5) is 4.79 Å². The van der Waals surface area contributed by atoms with Gasteiger partial charge in [-0.15, -0.1) is 0 Å². The van der Waals surface area contributed by atoms with Gasteiger partial charge in [0.15, 0.2) is 0 Å². The zero-order chi connectivity index (χ0) is 10.6. The van der Waals surface area contributed by atoms with Crippen LogP contribution in [0.2, 0.25) is 0 Å². The number of nitrogens with one attached hydrogen (secondary N) is 1. The second-order valence-electron chi connectivity index (χ2n) is 4.00. The number of likely N-dealkylation sites (N-methyl/N-ethyl adjacent to an activating group) is 1. The van der Waals surface area contributed by atoms with Crippen molar-refractivity contribution in [2.45, 2.75) is 37.8 Å². The molecule has 0 saturated heterocycles. The van der Waals surface area contributed by atoms with Crippen LogP contribution in [0.1, 0.15) is 25.7 Å². The Morgan fingerprint density at radius 3 is 2.57 bits per heavy atom. The Bertz CT molecular complexity index is 195. The van der Waals surface area contributed by atoms with E-state index in [4.69, 9.17) is 4.74 Å². The van der Waals surface area contributed by atoms with Gasteiger partial charge in [-0.25, -0.2) is 4.79 Å². The van der Waals surface area contributed by atoms with Gasteiger partial charge in [0.2, 0.25) is 0 Å². The molecule has 0 bridgehead atoms. The van der Waals surface area contributed by atoms with Gasteiger partial charge in [0, 0.05) is 20.1 Å². The largest absolute Gasteiger partial charge is 0.444 e. The normalized spacial score (nSPS) is 27.1. The first-order valence-electron chi connectivity index (χ1n) is 5.20. The molecule has 4 nitrogen and oxygen atoms in total. The maximum Gasteiger partial charge on any atom is 0.409 e. The first-order chi connectivity index (χ1) is 6.65. The third kappa shape index (κ3) is 2.87. The van der Waals surface area contributed by atoms with Crippen LogP contribution in [0.3, 0.4) is 0 Å². The molecule has 2 unspecified atom stereocenters. The molecule has 82 valence electrons. The topological polar surface area (TPSA) is 41.6 Å². The molecule has 2 atom stereocenters. The second-order valence-corrected chi connectivity index (χ2v) is 4.00. The fourth-order valence-electron chi connectivity index (χ4n) is 1.80. The molecule has 0 aromatic carbocycles. The van der Waals surface area contributed by atoms with Crippen LogP contribution in [0.5, 0.6) is 0 Å². The van der Waals surface area contributed by atoms with E-state index in [1.807, 2.05) is 7.05 Å².